The van der Waals surface area contributed by atoms with Crippen LogP contribution in [0.2, 0.25) is 0 Å². The fourth-order valence-electron chi connectivity index (χ4n) is 1.27. The second-order valence-electron chi connectivity index (χ2n) is 3.66. The van der Waals surface area contributed by atoms with Gasteiger partial charge >= 0.3 is 5.97 Å². The molecule has 0 aromatic heterocycles. The standard InChI is InChI=1S/C11H20O2.C2H6O/c1-2-3-4-5-6-7-8-9-10-11(12)13;1-2-3/h2H,1,3-10H2,(H,12,13);3H,2H2,1H3. The first kappa shape index (κ1) is 17.6. The number of aliphatic carboxylic acids is 1. The minimum absolute atomic E-state index is 0.250. The van der Waals surface area contributed by atoms with Gasteiger partial charge in [0.2, 0.25) is 0 Å². The van der Waals surface area contributed by atoms with Gasteiger partial charge in [0, 0.05) is 13.0 Å². The maximum absolute atomic E-state index is 10.2. The molecule has 0 unspecified atom stereocenters. The summed E-state index contributed by atoms with van der Waals surface area (Å²) in [7, 11) is 0. The quantitative estimate of drug-likeness (QED) is 0.471. The minimum atomic E-state index is -0.674. The molecule has 0 aliphatic heterocycles. The lowest BCUT2D eigenvalue weighted by Crippen LogP contribution is -1.93. The summed E-state index contributed by atoms with van der Waals surface area (Å²) in [5.74, 6) is -0.674. The fourth-order valence-corrected chi connectivity index (χ4v) is 1.27. The van der Waals surface area contributed by atoms with Crippen molar-refractivity contribution in [3.8, 4) is 0 Å². The topological polar surface area (TPSA) is 57.5 Å². The van der Waals surface area contributed by atoms with Crippen molar-refractivity contribution in [3.05, 3.63) is 12.7 Å². The molecular weight excluding hydrogens is 204 g/mol. The van der Waals surface area contributed by atoms with Crippen LogP contribution in [-0.2, 0) is 4.79 Å². The molecule has 16 heavy (non-hydrogen) atoms. The van der Waals surface area contributed by atoms with Gasteiger partial charge in [0.05, 0.1) is 0 Å². The first-order valence-corrected chi connectivity index (χ1v) is 6.12. The number of unbranched alkanes of at least 4 members (excludes halogenated alkanes) is 6. The van der Waals surface area contributed by atoms with E-state index in [1.165, 1.54) is 25.7 Å². The SMILES string of the molecule is C=CCCCCCCCCC(=O)O.CCO. The van der Waals surface area contributed by atoms with Crippen molar-refractivity contribution in [1.29, 1.82) is 0 Å². The van der Waals surface area contributed by atoms with Crippen LogP contribution in [0.25, 0.3) is 0 Å². The third-order valence-electron chi connectivity index (χ3n) is 2.05. The van der Waals surface area contributed by atoms with E-state index in [0.29, 0.717) is 6.42 Å². The molecule has 0 amide bonds. The van der Waals surface area contributed by atoms with Gasteiger partial charge in [0.25, 0.3) is 0 Å². The van der Waals surface area contributed by atoms with E-state index in [9.17, 15) is 4.79 Å². The zero-order valence-corrected chi connectivity index (χ0v) is 10.5. The molecule has 3 heteroatoms. The number of hydrogen-bond acceptors (Lipinski definition) is 2. The van der Waals surface area contributed by atoms with Crippen molar-refractivity contribution in [2.24, 2.45) is 0 Å². The molecule has 3 nitrogen and oxygen atoms in total. The molecule has 96 valence electrons. The Morgan fingerprint density at radius 1 is 1.12 bits per heavy atom. The molecule has 0 radical (unpaired) electrons. The van der Waals surface area contributed by atoms with Crippen LogP contribution >= 0.6 is 0 Å². The average molecular weight is 230 g/mol. The van der Waals surface area contributed by atoms with Crippen molar-refractivity contribution >= 4 is 5.97 Å². The molecule has 0 aliphatic carbocycles. The lowest BCUT2D eigenvalue weighted by molar-refractivity contribution is -0.137. The van der Waals surface area contributed by atoms with E-state index >= 15 is 0 Å². The molecule has 0 aliphatic rings. The number of allylic oxidation sites excluding steroid dienone is 1. The maximum Gasteiger partial charge on any atom is 0.303 e. The van der Waals surface area contributed by atoms with Gasteiger partial charge in [-0.15, -0.1) is 6.58 Å². The third kappa shape index (κ3) is 23.2. The fraction of sp³-hybridized carbons (Fsp3) is 0.769. The number of carbonyl (C=O) groups is 1. The Bertz CT molecular complexity index is 155. The first-order valence-electron chi connectivity index (χ1n) is 6.12. The van der Waals surface area contributed by atoms with Gasteiger partial charge in [-0.25, -0.2) is 0 Å². The Labute approximate surface area is 99.2 Å². The van der Waals surface area contributed by atoms with Crippen LogP contribution in [0.15, 0.2) is 12.7 Å². The van der Waals surface area contributed by atoms with Gasteiger partial charge in [-0.2, -0.15) is 0 Å². The monoisotopic (exact) mass is 230 g/mol. The van der Waals surface area contributed by atoms with E-state index < -0.39 is 5.97 Å². The van der Waals surface area contributed by atoms with Crippen LogP contribution in [-0.4, -0.2) is 22.8 Å². The molecular formula is C13H26O3. The third-order valence-corrected chi connectivity index (χ3v) is 2.05. The summed E-state index contributed by atoms with van der Waals surface area (Å²) in [4.78, 5) is 10.2. The number of aliphatic hydroxyl groups is 1. The van der Waals surface area contributed by atoms with Crippen LogP contribution < -0.4 is 0 Å². The van der Waals surface area contributed by atoms with Crippen LogP contribution in [0.1, 0.15) is 58.3 Å². The molecule has 0 fully saturated rings. The van der Waals surface area contributed by atoms with Gasteiger partial charge in [0.15, 0.2) is 0 Å². The lowest BCUT2D eigenvalue weighted by atomic mass is 10.1. The van der Waals surface area contributed by atoms with Crippen LogP contribution in [0.3, 0.4) is 0 Å². The Kier molecular flexibility index (Phi) is 18.2. The number of carboxylic acids is 1. The van der Waals surface area contributed by atoms with Gasteiger partial charge in [0.1, 0.15) is 0 Å². The summed E-state index contributed by atoms with van der Waals surface area (Å²) in [6.45, 7) is 5.59. The highest BCUT2D eigenvalue weighted by Crippen LogP contribution is 2.08. The molecule has 0 atom stereocenters. The summed E-state index contributed by atoms with van der Waals surface area (Å²) < 4.78 is 0. The highest BCUT2D eigenvalue weighted by atomic mass is 16.4. The summed E-state index contributed by atoms with van der Waals surface area (Å²) in [6.07, 6.45) is 10.1. The van der Waals surface area contributed by atoms with Gasteiger partial charge in [-0.1, -0.05) is 31.8 Å². The Morgan fingerprint density at radius 2 is 1.56 bits per heavy atom. The second kappa shape index (κ2) is 16.6. The van der Waals surface area contributed by atoms with E-state index in [-0.39, 0.29) is 6.61 Å². The molecule has 0 heterocycles. The smallest absolute Gasteiger partial charge is 0.303 e. The Morgan fingerprint density at radius 3 is 2.00 bits per heavy atom. The number of rotatable bonds is 9. The van der Waals surface area contributed by atoms with Crippen molar-refractivity contribution in [2.45, 2.75) is 58.3 Å². The summed E-state index contributed by atoms with van der Waals surface area (Å²) in [6, 6.07) is 0. The van der Waals surface area contributed by atoms with Crippen molar-refractivity contribution < 1.29 is 15.0 Å². The second-order valence-corrected chi connectivity index (χ2v) is 3.66. The molecule has 0 saturated heterocycles. The van der Waals surface area contributed by atoms with Crippen molar-refractivity contribution in [2.75, 3.05) is 6.61 Å². The van der Waals surface area contributed by atoms with Crippen molar-refractivity contribution in [3.63, 3.8) is 0 Å². The average Bonchev–Trinajstić information content (AvgIpc) is 2.23. The normalized spacial score (nSPS) is 9.12. The lowest BCUT2D eigenvalue weighted by Gasteiger charge is -1.98. The molecule has 0 rings (SSSR count). The van der Waals surface area contributed by atoms with E-state index in [4.69, 9.17) is 10.2 Å². The number of carboxylic acid groups (broad SMARTS) is 1. The molecule has 0 saturated carbocycles. The zero-order valence-electron chi connectivity index (χ0n) is 10.5. The predicted molar refractivity (Wildman–Crippen MR) is 67.5 cm³/mol. The Hall–Kier alpha value is -0.830. The largest absolute Gasteiger partial charge is 0.481 e. The van der Waals surface area contributed by atoms with Crippen LogP contribution in [0, 0.1) is 0 Å². The van der Waals surface area contributed by atoms with Crippen LogP contribution in [0.4, 0.5) is 0 Å². The Balaban J connectivity index is 0. The molecule has 2 N–H and O–H groups in total. The summed E-state index contributed by atoms with van der Waals surface area (Å²) >= 11 is 0. The van der Waals surface area contributed by atoms with E-state index in [1.54, 1.807) is 6.92 Å². The van der Waals surface area contributed by atoms with E-state index in [0.717, 1.165) is 19.3 Å². The number of hydrogen-bond donors (Lipinski definition) is 2. The molecule has 0 spiro atoms. The van der Waals surface area contributed by atoms with Gasteiger partial charge < -0.3 is 10.2 Å². The molecule has 0 aromatic carbocycles. The molecule has 0 bridgehead atoms. The van der Waals surface area contributed by atoms with E-state index in [1.807, 2.05) is 6.08 Å². The summed E-state index contributed by atoms with van der Waals surface area (Å²) in [5, 5.41) is 15.9. The summed E-state index contributed by atoms with van der Waals surface area (Å²) in [5.41, 5.74) is 0. The molecule has 0 aromatic rings. The highest BCUT2D eigenvalue weighted by molar-refractivity contribution is 5.66. The minimum Gasteiger partial charge on any atom is -0.481 e. The predicted octanol–water partition coefficient (Wildman–Crippen LogP) is 3.38. The van der Waals surface area contributed by atoms with Gasteiger partial charge in [-0.3, -0.25) is 4.79 Å². The van der Waals surface area contributed by atoms with Gasteiger partial charge in [-0.05, 0) is 26.2 Å². The first-order chi connectivity index (χ1) is 7.68. The van der Waals surface area contributed by atoms with Crippen molar-refractivity contribution in [1.82, 2.24) is 0 Å². The number of aliphatic hydroxyl groups excluding tert-OH is 1. The zero-order chi connectivity index (χ0) is 12.6. The van der Waals surface area contributed by atoms with Crippen LogP contribution in [0.5, 0.6) is 0 Å². The maximum atomic E-state index is 10.2. The van der Waals surface area contributed by atoms with E-state index in [2.05, 4.69) is 6.58 Å². The highest BCUT2D eigenvalue weighted by Gasteiger charge is 1.95.